The predicted octanol–water partition coefficient (Wildman–Crippen LogP) is 4.64. The quantitative estimate of drug-likeness (QED) is 0.389. The molecule has 0 saturated carbocycles. The molecule has 7 nitrogen and oxygen atoms in total. The third-order valence-corrected chi connectivity index (χ3v) is 7.38. The first-order valence-electron chi connectivity index (χ1n) is 11.1. The second kappa shape index (κ2) is 10.2. The number of rotatable bonds is 8. The first-order valence-corrected chi connectivity index (χ1v) is 12.5. The van der Waals surface area contributed by atoms with Crippen LogP contribution in [0.4, 0.5) is 10.2 Å². The lowest BCUT2D eigenvalue weighted by molar-refractivity contribution is -0.116. The van der Waals surface area contributed by atoms with E-state index in [-0.39, 0.29) is 18.0 Å². The number of hydrogen-bond acceptors (Lipinski definition) is 4. The summed E-state index contributed by atoms with van der Waals surface area (Å²) in [6.45, 7) is 3.29. The molecule has 0 aliphatic carbocycles. The van der Waals surface area contributed by atoms with Gasteiger partial charge >= 0.3 is 0 Å². The standard InChI is InChI=1S/C26H25FN4O3S/c1-3-30(35(33,34)23-15-9-19(2)10-16-23)18-26(32)28-25-17-24(20-7-5-4-6-8-20)29-31(25)22-13-11-21(27)12-14-22/h4-17H,3,18H2,1-2H3,(H,28,32). The van der Waals surface area contributed by atoms with Crippen LogP contribution >= 0.6 is 0 Å². The minimum Gasteiger partial charge on any atom is -0.309 e. The van der Waals surface area contributed by atoms with Crippen molar-refractivity contribution >= 4 is 21.7 Å². The van der Waals surface area contributed by atoms with E-state index in [4.69, 9.17) is 0 Å². The zero-order valence-corrected chi connectivity index (χ0v) is 20.2. The summed E-state index contributed by atoms with van der Waals surface area (Å²) >= 11 is 0. The Kier molecular flexibility index (Phi) is 7.09. The van der Waals surface area contributed by atoms with Crippen LogP contribution in [0.3, 0.4) is 0 Å². The highest BCUT2D eigenvalue weighted by Crippen LogP contribution is 2.25. The Bertz CT molecular complexity index is 1420. The number of carbonyl (C=O) groups is 1. The molecule has 180 valence electrons. The van der Waals surface area contributed by atoms with Crippen molar-refractivity contribution in [2.24, 2.45) is 0 Å². The number of nitrogens with zero attached hydrogens (tertiary/aromatic N) is 3. The Morgan fingerprint density at radius 2 is 1.66 bits per heavy atom. The minimum absolute atomic E-state index is 0.121. The summed E-state index contributed by atoms with van der Waals surface area (Å²) in [6, 6.07) is 23.3. The van der Waals surface area contributed by atoms with Crippen molar-refractivity contribution in [2.75, 3.05) is 18.4 Å². The number of likely N-dealkylation sites (N-methyl/N-ethyl adjacent to an activating group) is 1. The van der Waals surface area contributed by atoms with Gasteiger partial charge in [0.1, 0.15) is 11.6 Å². The molecule has 0 spiro atoms. The third kappa shape index (κ3) is 5.47. The van der Waals surface area contributed by atoms with Gasteiger partial charge in [0.05, 0.1) is 22.8 Å². The van der Waals surface area contributed by atoms with Gasteiger partial charge in [0, 0.05) is 18.2 Å². The predicted molar refractivity (Wildman–Crippen MR) is 133 cm³/mol. The number of sulfonamides is 1. The van der Waals surface area contributed by atoms with E-state index in [1.807, 2.05) is 37.3 Å². The summed E-state index contributed by atoms with van der Waals surface area (Å²) in [5.41, 5.74) is 2.92. The van der Waals surface area contributed by atoms with Crippen molar-refractivity contribution in [3.63, 3.8) is 0 Å². The molecule has 0 aliphatic heterocycles. The van der Waals surface area contributed by atoms with Crippen LogP contribution in [0, 0.1) is 12.7 Å². The number of hydrogen-bond donors (Lipinski definition) is 1. The highest BCUT2D eigenvalue weighted by atomic mass is 32.2. The molecule has 0 radical (unpaired) electrons. The molecule has 0 fully saturated rings. The highest BCUT2D eigenvalue weighted by molar-refractivity contribution is 7.89. The van der Waals surface area contributed by atoms with Gasteiger partial charge in [0.25, 0.3) is 0 Å². The third-order valence-electron chi connectivity index (χ3n) is 5.45. The van der Waals surface area contributed by atoms with Gasteiger partial charge in [-0.1, -0.05) is 55.0 Å². The number of aryl methyl sites for hydroxylation is 1. The van der Waals surface area contributed by atoms with Crippen molar-refractivity contribution < 1.29 is 17.6 Å². The van der Waals surface area contributed by atoms with Crippen molar-refractivity contribution in [3.8, 4) is 16.9 Å². The molecule has 3 aromatic carbocycles. The van der Waals surface area contributed by atoms with Crippen molar-refractivity contribution in [1.82, 2.24) is 14.1 Å². The molecule has 0 bridgehead atoms. The Labute approximate surface area is 203 Å². The molecule has 0 saturated heterocycles. The second-order valence-corrected chi connectivity index (χ2v) is 9.90. The van der Waals surface area contributed by atoms with Crippen LogP contribution in [0.25, 0.3) is 16.9 Å². The van der Waals surface area contributed by atoms with Crippen LogP contribution in [0.2, 0.25) is 0 Å². The van der Waals surface area contributed by atoms with Gasteiger partial charge in [-0.3, -0.25) is 4.79 Å². The lowest BCUT2D eigenvalue weighted by Gasteiger charge is -2.20. The summed E-state index contributed by atoms with van der Waals surface area (Å²) < 4.78 is 42.2. The second-order valence-electron chi connectivity index (χ2n) is 7.96. The van der Waals surface area contributed by atoms with Crippen LogP contribution in [0.15, 0.2) is 89.8 Å². The maximum Gasteiger partial charge on any atom is 0.243 e. The van der Waals surface area contributed by atoms with E-state index in [0.29, 0.717) is 17.2 Å². The zero-order chi connectivity index (χ0) is 25.0. The Balaban J connectivity index is 1.62. The first kappa shape index (κ1) is 24.3. The Morgan fingerprint density at radius 1 is 1.00 bits per heavy atom. The number of nitrogens with one attached hydrogen (secondary N) is 1. The topological polar surface area (TPSA) is 84.3 Å². The van der Waals surface area contributed by atoms with Crippen LogP contribution in [-0.4, -0.2) is 41.5 Å². The van der Waals surface area contributed by atoms with E-state index in [1.54, 1.807) is 37.3 Å². The van der Waals surface area contributed by atoms with Crippen molar-refractivity contribution in [1.29, 1.82) is 0 Å². The smallest absolute Gasteiger partial charge is 0.243 e. The minimum atomic E-state index is -3.85. The highest BCUT2D eigenvalue weighted by Gasteiger charge is 2.26. The van der Waals surface area contributed by atoms with Crippen LogP contribution in [0.1, 0.15) is 12.5 Å². The van der Waals surface area contributed by atoms with Gasteiger partial charge in [-0.25, -0.2) is 17.5 Å². The normalized spacial score (nSPS) is 11.5. The largest absolute Gasteiger partial charge is 0.309 e. The monoisotopic (exact) mass is 492 g/mol. The van der Waals surface area contributed by atoms with Crippen LogP contribution in [0.5, 0.6) is 0 Å². The van der Waals surface area contributed by atoms with Gasteiger partial charge in [-0.2, -0.15) is 9.40 Å². The summed E-state index contributed by atoms with van der Waals surface area (Å²) in [6.07, 6.45) is 0. The summed E-state index contributed by atoms with van der Waals surface area (Å²) in [7, 11) is -3.85. The molecule has 0 atom stereocenters. The molecule has 4 rings (SSSR count). The zero-order valence-electron chi connectivity index (χ0n) is 19.3. The summed E-state index contributed by atoms with van der Waals surface area (Å²) in [5, 5.41) is 7.36. The van der Waals surface area contributed by atoms with E-state index >= 15 is 0 Å². The van der Waals surface area contributed by atoms with Gasteiger partial charge in [0.2, 0.25) is 15.9 Å². The van der Waals surface area contributed by atoms with E-state index in [9.17, 15) is 17.6 Å². The molecular weight excluding hydrogens is 467 g/mol. The molecule has 1 N–H and O–H groups in total. The van der Waals surface area contributed by atoms with E-state index < -0.39 is 21.7 Å². The Hall–Kier alpha value is -3.82. The fraction of sp³-hybridized carbons (Fsp3) is 0.154. The van der Waals surface area contributed by atoms with Crippen molar-refractivity contribution in [2.45, 2.75) is 18.7 Å². The number of anilines is 1. The number of halogens is 1. The fourth-order valence-corrected chi connectivity index (χ4v) is 4.97. The molecule has 0 unspecified atom stereocenters. The first-order chi connectivity index (χ1) is 16.8. The summed E-state index contributed by atoms with van der Waals surface area (Å²) in [5.74, 6) is -0.579. The molecular formula is C26H25FN4O3S. The van der Waals surface area contributed by atoms with Crippen molar-refractivity contribution in [3.05, 3.63) is 96.3 Å². The van der Waals surface area contributed by atoms with Crippen LogP contribution < -0.4 is 5.32 Å². The number of carbonyl (C=O) groups excluding carboxylic acids is 1. The molecule has 9 heteroatoms. The van der Waals surface area contributed by atoms with Gasteiger partial charge < -0.3 is 5.32 Å². The lowest BCUT2D eigenvalue weighted by Crippen LogP contribution is -2.38. The summed E-state index contributed by atoms with van der Waals surface area (Å²) in [4.78, 5) is 13.1. The van der Waals surface area contributed by atoms with E-state index in [2.05, 4.69) is 10.4 Å². The Morgan fingerprint density at radius 3 is 2.29 bits per heavy atom. The number of aromatic nitrogens is 2. The average Bonchev–Trinajstić information content (AvgIpc) is 3.27. The molecule has 4 aromatic rings. The molecule has 35 heavy (non-hydrogen) atoms. The lowest BCUT2D eigenvalue weighted by atomic mass is 10.2. The SMILES string of the molecule is CCN(CC(=O)Nc1cc(-c2ccccc2)nn1-c1ccc(F)cc1)S(=O)(=O)c1ccc(C)cc1. The number of benzene rings is 3. The van der Waals surface area contributed by atoms with E-state index in [0.717, 1.165) is 15.4 Å². The van der Waals surface area contributed by atoms with Gasteiger partial charge in [-0.05, 0) is 43.3 Å². The maximum atomic E-state index is 13.5. The molecule has 0 aliphatic rings. The van der Waals surface area contributed by atoms with Gasteiger partial charge in [-0.15, -0.1) is 0 Å². The molecule has 1 heterocycles. The number of amides is 1. The molecule has 1 amide bonds. The van der Waals surface area contributed by atoms with E-state index in [1.165, 1.54) is 28.9 Å². The average molecular weight is 493 g/mol. The van der Waals surface area contributed by atoms with Gasteiger partial charge in [0.15, 0.2) is 0 Å². The molecule has 1 aromatic heterocycles. The fourth-order valence-electron chi connectivity index (χ4n) is 3.57. The van der Waals surface area contributed by atoms with Crippen LogP contribution in [-0.2, 0) is 14.8 Å². The maximum absolute atomic E-state index is 13.5.